The number of benzene rings is 1. The van der Waals surface area contributed by atoms with Crippen molar-refractivity contribution in [2.24, 2.45) is 5.92 Å². The standard InChI is InChI=1S/C19H24O5/c1-5-22-18(20)15-9-14-8-7-13(12(3)4)10-16(14)17(11-15)24-19(21)23-6-2/h9,11,13H,3,5-8,10H2,1-2,4H3/t13-/m0/s1. The van der Waals surface area contributed by atoms with E-state index >= 15 is 0 Å². The van der Waals surface area contributed by atoms with Gasteiger partial charge in [0.2, 0.25) is 0 Å². The molecular weight excluding hydrogens is 308 g/mol. The van der Waals surface area contributed by atoms with Crippen LogP contribution in [0, 0.1) is 5.92 Å². The molecule has 0 unspecified atom stereocenters. The van der Waals surface area contributed by atoms with E-state index in [1.165, 1.54) is 0 Å². The van der Waals surface area contributed by atoms with Crippen LogP contribution >= 0.6 is 0 Å². The number of hydrogen-bond donors (Lipinski definition) is 0. The third kappa shape index (κ3) is 4.16. The monoisotopic (exact) mass is 332 g/mol. The number of carbonyl (C=O) groups is 2. The summed E-state index contributed by atoms with van der Waals surface area (Å²) in [5.74, 6) is 0.298. The molecule has 0 saturated heterocycles. The number of carbonyl (C=O) groups excluding carboxylic acids is 2. The zero-order valence-corrected chi connectivity index (χ0v) is 14.5. The van der Waals surface area contributed by atoms with Gasteiger partial charge in [0.15, 0.2) is 0 Å². The predicted molar refractivity (Wildman–Crippen MR) is 90.4 cm³/mol. The van der Waals surface area contributed by atoms with Crippen molar-refractivity contribution in [2.75, 3.05) is 13.2 Å². The molecule has 0 saturated carbocycles. The lowest BCUT2D eigenvalue weighted by Crippen LogP contribution is -2.19. The van der Waals surface area contributed by atoms with Gasteiger partial charge in [-0.25, -0.2) is 9.59 Å². The van der Waals surface area contributed by atoms with E-state index in [9.17, 15) is 9.59 Å². The van der Waals surface area contributed by atoms with Gasteiger partial charge in [0.05, 0.1) is 18.8 Å². The van der Waals surface area contributed by atoms with Gasteiger partial charge in [0.25, 0.3) is 0 Å². The van der Waals surface area contributed by atoms with Crippen LogP contribution < -0.4 is 4.74 Å². The number of hydrogen-bond acceptors (Lipinski definition) is 5. The third-order valence-corrected chi connectivity index (χ3v) is 4.18. The van der Waals surface area contributed by atoms with E-state index in [1.54, 1.807) is 19.9 Å². The molecule has 24 heavy (non-hydrogen) atoms. The Morgan fingerprint density at radius 3 is 2.54 bits per heavy atom. The second-order valence-electron chi connectivity index (χ2n) is 5.90. The van der Waals surface area contributed by atoms with E-state index in [1.807, 2.05) is 13.0 Å². The van der Waals surface area contributed by atoms with Crippen LogP contribution in [-0.2, 0) is 22.3 Å². The number of rotatable bonds is 5. The van der Waals surface area contributed by atoms with Gasteiger partial charge in [-0.1, -0.05) is 12.2 Å². The van der Waals surface area contributed by atoms with Crippen molar-refractivity contribution in [3.63, 3.8) is 0 Å². The van der Waals surface area contributed by atoms with Crippen LogP contribution in [0.5, 0.6) is 5.75 Å². The molecule has 0 spiro atoms. The molecule has 2 rings (SSSR count). The average molecular weight is 332 g/mol. The predicted octanol–water partition coefficient (Wildman–Crippen LogP) is 4.08. The minimum absolute atomic E-state index is 0.229. The fraction of sp³-hybridized carbons (Fsp3) is 0.474. The van der Waals surface area contributed by atoms with Crippen LogP contribution in [0.25, 0.3) is 0 Å². The minimum Gasteiger partial charge on any atom is -0.462 e. The zero-order chi connectivity index (χ0) is 17.7. The Labute approximate surface area is 142 Å². The summed E-state index contributed by atoms with van der Waals surface area (Å²) in [6.07, 6.45) is 1.74. The summed E-state index contributed by atoms with van der Waals surface area (Å²) in [6, 6.07) is 3.40. The molecule has 0 heterocycles. The molecule has 1 aliphatic carbocycles. The van der Waals surface area contributed by atoms with Crippen LogP contribution in [0.2, 0.25) is 0 Å². The maximum Gasteiger partial charge on any atom is 0.513 e. The molecule has 1 aliphatic rings. The highest BCUT2D eigenvalue weighted by Gasteiger charge is 2.26. The Bertz CT molecular complexity index is 647. The van der Waals surface area contributed by atoms with E-state index < -0.39 is 12.1 Å². The van der Waals surface area contributed by atoms with Gasteiger partial charge in [0.1, 0.15) is 5.75 Å². The number of ether oxygens (including phenoxy) is 3. The first-order chi connectivity index (χ1) is 11.5. The lowest BCUT2D eigenvalue weighted by Gasteiger charge is -2.27. The first-order valence-electron chi connectivity index (χ1n) is 8.29. The van der Waals surface area contributed by atoms with Crippen molar-refractivity contribution >= 4 is 12.1 Å². The molecular formula is C19H24O5. The van der Waals surface area contributed by atoms with Gasteiger partial charge in [0, 0.05) is 0 Å². The summed E-state index contributed by atoms with van der Waals surface area (Å²) in [6.45, 7) is 10.0. The van der Waals surface area contributed by atoms with E-state index in [2.05, 4.69) is 6.58 Å². The van der Waals surface area contributed by atoms with E-state index in [0.717, 1.165) is 36.0 Å². The summed E-state index contributed by atoms with van der Waals surface area (Å²) in [4.78, 5) is 23.8. The lowest BCUT2D eigenvalue weighted by atomic mass is 9.80. The number of fused-ring (bicyclic) bond motifs is 1. The maximum absolute atomic E-state index is 12.1. The maximum atomic E-state index is 12.1. The Kier molecular flexibility index (Phi) is 6.01. The fourth-order valence-corrected chi connectivity index (χ4v) is 2.92. The summed E-state index contributed by atoms with van der Waals surface area (Å²) >= 11 is 0. The molecule has 0 amide bonds. The van der Waals surface area contributed by atoms with Gasteiger partial charge in [-0.3, -0.25) is 0 Å². The molecule has 130 valence electrons. The third-order valence-electron chi connectivity index (χ3n) is 4.18. The lowest BCUT2D eigenvalue weighted by molar-refractivity contribution is 0.0524. The quantitative estimate of drug-likeness (QED) is 0.462. The molecule has 5 heteroatoms. The highest BCUT2D eigenvalue weighted by molar-refractivity contribution is 5.90. The Morgan fingerprint density at radius 1 is 1.21 bits per heavy atom. The summed E-state index contributed by atoms with van der Waals surface area (Å²) in [5, 5.41) is 0. The van der Waals surface area contributed by atoms with Crippen LogP contribution in [0.1, 0.15) is 48.7 Å². The van der Waals surface area contributed by atoms with E-state index in [0.29, 0.717) is 23.8 Å². The highest BCUT2D eigenvalue weighted by atomic mass is 16.7. The largest absolute Gasteiger partial charge is 0.513 e. The molecule has 0 aliphatic heterocycles. The van der Waals surface area contributed by atoms with Crippen molar-refractivity contribution in [3.05, 3.63) is 41.0 Å². The summed E-state index contributed by atoms with van der Waals surface area (Å²) in [7, 11) is 0. The zero-order valence-electron chi connectivity index (χ0n) is 14.5. The number of aryl methyl sites for hydroxylation is 1. The van der Waals surface area contributed by atoms with E-state index in [4.69, 9.17) is 14.2 Å². The Morgan fingerprint density at radius 2 is 1.92 bits per heavy atom. The van der Waals surface area contributed by atoms with E-state index in [-0.39, 0.29) is 6.61 Å². The molecule has 0 radical (unpaired) electrons. The van der Waals surface area contributed by atoms with Crippen molar-refractivity contribution in [3.8, 4) is 5.75 Å². The molecule has 5 nitrogen and oxygen atoms in total. The van der Waals surface area contributed by atoms with Gasteiger partial charge < -0.3 is 14.2 Å². The van der Waals surface area contributed by atoms with Gasteiger partial charge in [-0.15, -0.1) is 0 Å². The van der Waals surface area contributed by atoms with Gasteiger partial charge in [-0.05, 0) is 69.2 Å². The molecule has 0 fully saturated rings. The second kappa shape index (κ2) is 7.99. The fourth-order valence-electron chi connectivity index (χ4n) is 2.92. The molecule has 1 aromatic carbocycles. The van der Waals surface area contributed by atoms with Gasteiger partial charge >= 0.3 is 12.1 Å². The van der Waals surface area contributed by atoms with Crippen molar-refractivity contribution in [1.82, 2.24) is 0 Å². The smallest absolute Gasteiger partial charge is 0.462 e. The van der Waals surface area contributed by atoms with Crippen LogP contribution in [0.15, 0.2) is 24.3 Å². The molecule has 1 atom stereocenters. The SMILES string of the molecule is C=C(C)[C@H]1CCc2cc(C(=O)OCC)cc(OC(=O)OCC)c2C1. The van der Waals surface area contributed by atoms with Crippen LogP contribution in [-0.4, -0.2) is 25.3 Å². The topological polar surface area (TPSA) is 61.8 Å². The van der Waals surface area contributed by atoms with Crippen molar-refractivity contribution in [1.29, 1.82) is 0 Å². The normalized spacial score (nSPS) is 16.0. The first-order valence-corrected chi connectivity index (χ1v) is 8.29. The van der Waals surface area contributed by atoms with Crippen molar-refractivity contribution in [2.45, 2.75) is 40.0 Å². The van der Waals surface area contributed by atoms with Crippen molar-refractivity contribution < 1.29 is 23.8 Å². The molecule has 0 bridgehead atoms. The summed E-state index contributed by atoms with van der Waals surface area (Å²) in [5.41, 5.74) is 3.45. The molecule has 0 aromatic heterocycles. The molecule has 0 N–H and O–H groups in total. The minimum atomic E-state index is -0.766. The Balaban J connectivity index is 2.39. The highest BCUT2D eigenvalue weighted by Crippen LogP contribution is 2.36. The number of allylic oxidation sites excluding steroid dienone is 1. The summed E-state index contributed by atoms with van der Waals surface area (Å²) < 4.78 is 15.3. The second-order valence-corrected chi connectivity index (χ2v) is 5.90. The van der Waals surface area contributed by atoms with Gasteiger partial charge in [-0.2, -0.15) is 0 Å². The number of esters is 1. The molecule has 1 aromatic rings. The van der Waals surface area contributed by atoms with Crippen LogP contribution in [0.4, 0.5) is 4.79 Å². The Hall–Kier alpha value is -2.30. The average Bonchev–Trinajstić information content (AvgIpc) is 2.54. The first kappa shape index (κ1) is 18.0. The van der Waals surface area contributed by atoms with Crippen LogP contribution in [0.3, 0.4) is 0 Å².